The minimum Gasteiger partial charge on any atom is -0.309 e. The van der Waals surface area contributed by atoms with Gasteiger partial charge in [-0.25, -0.2) is 4.98 Å². The summed E-state index contributed by atoms with van der Waals surface area (Å²) in [5.74, 6) is 0. The van der Waals surface area contributed by atoms with Crippen LogP contribution in [0.3, 0.4) is 0 Å². The van der Waals surface area contributed by atoms with Crippen LogP contribution >= 0.6 is 11.3 Å². The van der Waals surface area contributed by atoms with Gasteiger partial charge in [0.05, 0.1) is 10.7 Å². The van der Waals surface area contributed by atoms with E-state index in [1.54, 1.807) is 11.3 Å². The normalized spacial score (nSPS) is 12.6. The molecule has 102 valence electrons. The van der Waals surface area contributed by atoms with E-state index in [0.717, 1.165) is 18.0 Å². The summed E-state index contributed by atoms with van der Waals surface area (Å²) in [4.78, 5) is 5.86. The van der Waals surface area contributed by atoms with E-state index >= 15 is 0 Å². The van der Waals surface area contributed by atoms with Gasteiger partial charge < -0.3 is 5.32 Å². The summed E-state index contributed by atoms with van der Waals surface area (Å²) in [6.07, 6.45) is 2.31. The van der Waals surface area contributed by atoms with Crippen molar-refractivity contribution in [3.05, 3.63) is 51.5 Å². The smallest absolute Gasteiger partial charge is 0.0900 e. The Labute approximate surface area is 119 Å². The van der Waals surface area contributed by atoms with E-state index in [1.807, 2.05) is 0 Å². The monoisotopic (exact) mass is 274 g/mol. The molecule has 2 nitrogen and oxygen atoms in total. The van der Waals surface area contributed by atoms with E-state index in [2.05, 4.69) is 61.4 Å². The lowest BCUT2D eigenvalue weighted by molar-refractivity contribution is 0.562. The Morgan fingerprint density at radius 3 is 2.58 bits per heavy atom. The van der Waals surface area contributed by atoms with E-state index < -0.39 is 0 Å². The second kappa shape index (κ2) is 6.83. The van der Waals surface area contributed by atoms with Gasteiger partial charge >= 0.3 is 0 Å². The van der Waals surface area contributed by atoms with Crippen molar-refractivity contribution >= 4 is 11.3 Å². The van der Waals surface area contributed by atoms with Crippen LogP contribution in [-0.4, -0.2) is 11.5 Å². The Morgan fingerprint density at radius 1 is 1.21 bits per heavy atom. The summed E-state index contributed by atoms with van der Waals surface area (Å²) in [6, 6.07) is 11.1. The molecule has 0 spiro atoms. The average molecular weight is 274 g/mol. The van der Waals surface area contributed by atoms with Crippen LogP contribution in [0.15, 0.2) is 30.3 Å². The zero-order valence-corrected chi connectivity index (χ0v) is 12.8. The van der Waals surface area contributed by atoms with Crippen LogP contribution in [0, 0.1) is 13.8 Å². The number of hydrogen-bond acceptors (Lipinski definition) is 3. The van der Waals surface area contributed by atoms with E-state index in [-0.39, 0.29) is 0 Å². The molecule has 0 aliphatic rings. The third kappa shape index (κ3) is 4.15. The van der Waals surface area contributed by atoms with Gasteiger partial charge in [0.1, 0.15) is 0 Å². The quantitative estimate of drug-likeness (QED) is 0.804. The highest BCUT2D eigenvalue weighted by Crippen LogP contribution is 2.24. The predicted molar refractivity (Wildman–Crippen MR) is 82.8 cm³/mol. The Balaban J connectivity index is 1.75. The highest BCUT2D eigenvalue weighted by atomic mass is 32.1. The lowest BCUT2D eigenvalue weighted by Crippen LogP contribution is -2.20. The summed E-state index contributed by atoms with van der Waals surface area (Å²) in [5, 5.41) is 4.75. The first-order chi connectivity index (χ1) is 9.16. The summed E-state index contributed by atoms with van der Waals surface area (Å²) in [5.41, 5.74) is 2.59. The molecule has 2 rings (SSSR count). The second-order valence-electron chi connectivity index (χ2n) is 4.95. The summed E-state index contributed by atoms with van der Waals surface area (Å²) < 4.78 is 0. The first-order valence-corrected chi connectivity index (χ1v) is 7.69. The molecular formula is C16H22N2S. The molecule has 1 heterocycles. The van der Waals surface area contributed by atoms with E-state index in [0.29, 0.717) is 6.04 Å². The van der Waals surface area contributed by atoms with Crippen molar-refractivity contribution in [3.8, 4) is 0 Å². The van der Waals surface area contributed by atoms with Crippen LogP contribution < -0.4 is 5.32 Å². The minimum atomic E-state index is 0.405. The number of hydrogen-bond donors (Lipinski definition) is 1. The van der Waals surface area contributed by atoms with Crippen LogP contribution in [0.25, 0.3) is 0 Å². The molecule has 1 N–H and O–H groups in total. The molecule has 1 unspecified atom stereocenters. The summed E-state index contributed by atoms with van der Waals surface area (Å²) in [7, 11) is 0. The second-order valence-corrected chi connectivity index (χ2v) is 6.18. The average Bonchev–Trinajstić information content (AvgIpc) is 2.75. The fourth-order valence-electron chi connectivity index (χ4n) is 2.30. The van der Waals surface area contributed by atoms with Crippen molar-refractivity contribution in [1.82, 2.24) is 10.3 Å². The Morgan fingerprint density at radius 2 is 1.95 bits per heavy atom. The fraction of sp³-hybridized carbons (Fsp3) is 0.438. The summed E-state index contributed by atoms with van der Waals surface area (Å²) in [6.45, 7) is 7.44. The third-order valence-electron chi connectivity index (χ3n) is 3.27. The Bertz CT molecular complexity index is 505. The largest absolute Gasteiger partial charge is 0.309 e. The molecule has 0 saturated carbocycles. The maximum absolute atomic E-state index is 4.49. The third-order valence-corrected chi connectivity index (χ3v) is 4.52. The van der Waals surface area contributed by atoms with E-state index in [9.17, 15) is 0 Å². The maximum atomic E-state index is 4.49. The molecule has 0 aliphatic heterocycles. The molecule has 1 aromatic carbocycles. The van der Waals surface area contributed by atoms with Gasteiger partial charge in [-0.2, -0.15) is 0 Å². The van der Waals surface area contributed by atoms with Crippen molar-refractivity contribution in [2.45, 2.75) is 39.7 Å². The Hall–Kier alpha value is -1.19. The predicted octanol–water partition coefficient (Wildman–Crippen LogP) is 4.04. The van der Waals surface area contributed by atoms with E-state index in [1.165, 1.54) is 22.6 Å². The first-order valence-electron chi connectivity index (χ1n) is 6.88. The van der Waals surface area contributed by atoms with Crippen molar-refractivity contribution < 1.29 is 0 Å². The fourth-order valence-corrected chi connectivity index (χ4v) is 3.25. The lowest BCUT2D eigenvalue weighted by Gasteiger charge is -2.12. The van der Waals surface area contributed by atoms with Crippen molar-refractivity contribution in [2.75, 3.05) is 6.54 Å². The molecule has 2 aromatic rings. The lowest BCUT2D eigenvalue weighted by atomic mass is 10.1. The minimum absolute atomic E-state index is 0.405. The van der Waals surface area contributed by atoms with Gasteiger partial charge in [0.2, 0.25) is 0 Å². The topological polar surface area (TPSA) is 24.9 Å². The highest BCUT2D eigenvalue weighted by molar-refractivity contribution is 7.11. The molecule has 0 amide bonds. The molecule has 0 saturated heterocycles. The zero-order valence-electron chi connectivity index (χ0n) is 11.9. The molecule has 1 aromatic heterocycles. The van der Waals surface area contributed by atoms with Gasteiger partial charge in [0.15, 0.2) is 0 Å². The molecule has 1 atom stereocenters. The van der Waals surface area contributed by atoms with Crippen LogP contribution in [0.2, 0.25) is 0 Å². The molecule has 0 radical (unpaired) electrons. The van der Waals surface area contributed by atoms with Crippen molar-refractivity contribution in [3.63, 3.8) is 0 Å². The number of thiazole rings is 1. The van der Waals surface area contributed by atoms with Crippen molar-refractivity contribution in [1.29, 1.82) is 0 Å². The Kier molecular flexibility index (Phi) is 5.11. The molecular weight excluding hydrogens is 252 g/mol. The number of aromatic nitrogens is 1. The standard InChI is InChI=1S/C16H22N2S/c1-12(16-13(2)18-14(3)19-16)17-11-7-10-15-8-5-4-6-9-15/h4-6,8-9,12,17H,7,10-11H2,1-3H3. The van der Waals surface area contributed by atoms with Crippen LogP contribution in [0.1, 0.15) is 40.5 Å². The zero-order chi connectivity index (χ0) is 13.7. The molecule has 0 fully saturated rings. The highest BCUT2D eigenvalue weighted by Gasteiger charge is 2.11. The van der Waals surface area contributed by atoms with Gasteiger partial charge in [-0.05, 0) is 45.7 Å². The van der Waals surface area contributed by atoms with Gasteiger partial charge in [0.25, 0.3) is 0 Å². The molecule has 3 heteroatoms. The molecule has 19 heavy (non-hydrogen) atoms. The van der Waals surface area contributed by atoms with Crippen LogP contribution in [0.5, 0.6) is 0 Å². The van der Waals surface area contributed by atoms with E-state index in [4.69, 9.17) is 0 Å². The molecule has 0 bridgehead atoms. The van der Waals surface area contributed by atoms with Gasteiger partial charge in [0, 0.05) is 10.9 Å². The van der Waals surface area contributed by atoms with Crippen molar-refractivity contribution in [2.24, 2.45) is 0 Å². The first kappa shape index (κ1) is 14.2. The van der Waals surface area contributed by atoms with Gasteiger partial charge in [-0.3, -0.25) is 0 Å². The van der Waals surface area contributed by atoms with Crippen LogP contribution in [0.4, 0.5) is 0 Å². The van der Waals surface area contributed by atoms with Gasteiger partial charge in [-0.1, -0.05) is 30.3 Å². The summed E-state index contributed by atoms with van der Waals surface area (Å²) >= 11 is 1.80. The van der Waals surface area contributed by atoms with Gasteiger partial charge in [-0.15, -0.1) is 11.3 Å². The number of aryl methyl sites for hydroxylation is 3. The maximum Gasteiger partial charge on any atom is 0.0900 e. The SMILES string of the molecule is Cc1nc(C)c(C(C)NCCCc2ccccc2)s1. The number of benzene rings is 1. The number of nitrogens with zero attached hydrogens (tertiary/aromatic N) is 1. The number of rotatable bonds is 6. The van der Waals surface area contributed by atoms with Crippen LogP contribution in [-0.2, 0) is 6.42 Å². The molecule has 0 aliphatic carbocycles. The number of nitrogens with one attached hydrogen (secondary N) is 1.